The summed E-state index contributed by atoms with van der Waals surface area (Å²) in [5, 5.41) is 3.00. The van der Waals surface area contributed by atoms with Crippen LogP contribution in [-0.4, -0.2) is 36.9 Å². The zero-order valence-electron chi connectivity index (χ0n) is 20.0. The fourth-order valence-electron chi connectivity index (χ4n) is 8.39. The molecule has 0 bridgehead atoms. The Bertz CT molecular complexity index is 899. The summed E-state index contributed by atoms with van der Waals surface area (Å²) in [6.45, 7) is 4.92. The molecule has 1 heterocycles. The Morgan fingerprint density at radius 2 is 1.81 bits per heavy atom. The van der Waals surface area contributed by atoms with Gasteiger partial charge in [0.15, 0.2) is 0 Å². The topological polar surface area (TPSA) is 58.6 Å². The molecule has 174 valence electrons. The van der Waals surface area contributed by atoms with Crippen molar-refractivity contribution in [3.05, 3.63) is 24.3 Å². The Labute approximate surface area is 192 Å². The Balaban J connectivity index is 1.39. The molecule has 32 heavy (non-hydrogen) atoms. The average molecular weight is 439 g/mol. The molecule has 0 spiro atoms. The number of nitrogens with one attached hydrogen (secondary N) is 1. The molecule has 3 aliphatic carbocycles. The number of piperidine rings is 1. The van der Waals surface area contributed by atoms with Crippen molar-refractivity contribution >= 4 is 17.5 Å². The quantitative estimate of drug-likeness (QED) is 0.667. The highest BCUT2D eigenvalue weighted by Crippen LogP contribution is 2.65. The Morgan fingerprint density at radius 3 is 2.53 bits per heavy atom. The van der Waals surface area contributed by atoms with Crippen LogP contribution in [0.5, 0.6) is 5.75 Å². The van der Waals surface area contributed by atoms with Gasteiger partial charge in [0.25, 0.3) is 0 Å². The summed E-state index contributed by atoms with van der Waals surface area (Å²) in [6, 6.07) is 7.57. The predicted molar refractivity (Wildman–Crippen MR) is 125 cm³/mol. The zero-order chi connectivity index (χ0) is 22.7. The highest BCUT2D eigenvalue weighted by molar-refractivity contribution is 6.07. The summed E-state index contributed by atoms with van der Waals surface area (Å²) in [7, 11) is 3.55. The fraction of sp³-hybridized carbons (Fsp3) is 0.704. The number of nitrogens with zero attached hydrogens (tertiary/aromatic N) is 1. The van der Waals surface area contributed by atoms with Gasteiger partial charge < -0.3 is 15.0 Å². The van der Waals surface area contributed by atoms with E-state index >= 15 is 0 Å². The molecule has 1 N–H and O–H groups in total. The van der Waals surface area contributed by atoms with Gasteiger partial charge in [-0.1, -0.05) is 20.3 Å². The third kappa shape index (κ3) is 3.26. The third-order valence-corrected chi connectivity index (χ3v) is 10.0. The van der Waals surface area contributed by atoms with E-state index in [2.05, 4.69) is 19.2 Å². The van der Waals surface area contributed by atoms with Crippen LogP contribution in [0, 0.1) is 34.5 Å². The van der Waals surface area contributed by atoms with Crippen LogP contribution in [-0.2, 0) is 9.59 Å². The smallest absolute Gasteiger partial charge is 0.236 e. The molecule has 4 fully saturated rings. The number of carbonyl (C=O) groups excluding carboxylic acids is 2. The lowest BCUT2D eigenvalue weighted by Crippen LogP contribution is -2.64. The van der Waals surface area contributed by atoms with Crippen LogP contribution in [0.3, 0.4) is 0 Å². The van der Waals surface area contributed by atoms with E-state index in [1.165, 1.54) is 38.5 Å². The Hall–Kier alpha value is -2.04. The van der Waals surface area contributed by atoms with Crippen molar-refractivity contribution in [3.8, 4) is 5.75 Å². The first-order chi connectivity index (χ1) is 15.3. The number of carbonyl (C=O) groups is 2. The molecule has 7 atom stereocenters. The van der Waals surface area contributed by atoms with Crippen LogP contribution in [0.15, 0.2) is 24.3 Å². The molecule has 5 rings (SSSR count). The molecule has 5 nitrogen and oxygen atoms in total. The second kappa shape index (κ2) is 7.78. The lowest BCUT2D eigenvalue weighted by atomic mass is 9.47. The number of rotatable bonds is 3. The molecule has 1 aliphatic heterocycles. The van der Waals surface area contributed by atoms with E-state index in [-0.39, 0.29) is 23.3 Å². The van der Waals surface area contributed by atoms with Crippen LogP contribution >= 0.6 is 0 Å². The van der Waals surface area contributed by atoms with E-state index in [1.807, 2.05) is 36.2 Å². The molecule has 1 aromatic carbocycles. The Morgan fingerprint density at radius 1 is 1.06 bits per heavy atom. The number of methoxy groups -OCH3 is 1. The second-order valence-electron chi connectivity index (χ2n) is 11.5. The number of benzene rings is 1. The monoisotopic (exact) mass is 438 g/mol. The van der Waals surface area contributed by atoms with Gasteiger partial charge in [-0.2, -0.15) is 0 Å². The molecule has 0 aromatic heterocycles. The van der Waals surface area contributed by atoms with Gasteiger partial charge >= 0.3 is 0 Å². The van der Waals surface area contributed by atoms with Gasteiger partial charge in [-0.25, -0.2) is 0 Å². The second-order valence-corrected chi connectivity index (χ2v) is 11.5. The van der Waals surface area contributed by atoms with Gasteiger partial charge in [-0.3, -0.25) is 9.59 Å². The average Bonchev–Trinajstić information content (AvgIpc) is 3.18. The standard InChI is InChI=1S/C27H38N2O3/c1-26-14-5-6-21(26)19-11-12-23-27(2,22(19)13-15-26)16-20(25(31)29(23)3)24(30)28-17-7-9-18(32-4)10-8-17/h7-10,19-23H,5-6,11-16H2,1-4H3,(H,28,30)/t19-,20?,21-,22+,23?,26-,27+/m0/s1. The van der Waals surface area contributed by atoms with Crippen LogP contribution < -0.4 is 10.1 Å². The maximum Gasteiger partial charge on any atom is 0.236 e. The molecule has 1 aromatic rings. The van der Waals surface area contributed by atoms with E-state index in [0.29, 0.717) is 23.4 Å². The number of anilines is 1. The maximum absolute atomic E-state index is 13.3. The van der Waals surface area contributed by atoms with Gasteiger partial charge in [0, 0.05) is 18.8 Å². The molecular formula is C27H38N2O3. The summed E-state index contributed by atoms with van der Waals surface area (Å²) in [5.41, 5.74) is 1.24. The summed E-state index contributed by atoms with van der Waals surface area (Å²) >= 11 is 0. The normalized spacial score (nSPS) is 40.8. The summed E-state index contributed by atoms with van der Waals surface area (Å²) in [5.74, 6) is 2.14. The first kappa shape index (κ1) is 21.8. The van der Waals surface area contributed by atoms with Crippen LogP contribution in [0.4, 0.5) is 5.69 Å². The SMILES string of the molecule is COc1ccc(NC(=O)C2C[C@@]3(C)C(CC[C@@H]4[C@H]3CC[C@]3(C)CCC[C@@H]43)N(C)C2=O)cc1. The van der Waals surface area contributed by atoms with Crippen molar-refractivity contribution in [3.63, 3.8) is 0 Å². The predicted octanol–water partition coefficient (Wildman–Crippen LogP) is 5.11. The number of hydrogen-bond donors (Lipinski definition) is 1. The molecular weight excluding hydrogens is 400 g/mol. The molecule has 5 heteroatoms. The van der Waals surface area contributed by atoms with Gasteiger partial charge in [0.05, 0.1) is 7.11 Å². The molecule has 2 amide bonds. The van der Waals surface area contributed by atoms with Crippen LogP contribution in [0.25, 0.3) is 0 Å². The van der Waals surface area contributed by atoms with E-state index in [0.717, 1.165) is 24.0 Å². The first-order valence-corrected chi connectivity index (χ1v) is 12.5. The van der Waals surface area contributed by atoms with E-state index < -0.39 is 5.92 Å². The van der Waals surface area contributed by atoms with Crippen molar-refractivity contribution in [1.82, 2.24) is 4.90 Å². The zero-order valence-corrected chi connectivity index (χ0v) is 20.0. The van der Waals surface area contributed by atoms with Crippen LogP contribution in [0.1, 0.15) is 65.2 Å². The molecule has 3 saturated carbocycles. The minimum Gasteiger partial charge on any atom is -0.497 e. The van der Waals surface area contributed by atoms with Crippen molar-refractivity contribution in [2.75, 3.05) is 19.5 Å². The summed E-state index contributed by atoms with van der Waals surface area (Å²) in [6.07, 6.45) is 9.68. The minimum absolute atomic E-state index is 0.0113. The van der Waals surface area contributed by atoms with E-state index in [1.54, 1.807) is 7.11 Å². The van der Waals surface area contributed by atoms with Gasteiger partial charge in [0.2, 0.25) is 11.8 Å². The largest absolute Gasteiger partial charge is 0.497 e. The number of likely N-dealkylation sites (tertiary alicyclic amines) is 1. The van der Waals surface area contributed by atoms with Gasteiger partial charge in [-0.15, -0.1) is 0 Å². The Kier molecular flexibility index (Phi) is 5.29. The van der Waals surface area contributed by atoms with E-state index in [9.17, 15) is 9.59 Å². The molecule has 4 aliphatic rings. The highest BCUT2D eigenvalue weighted by atomic mass is 16.5. The van der Waals surface area contributed by atoms with Crippen molar-refractivity contribution < 1.29 is 14.3 Å². The highest BCUT2D eigenvalue weighted by Gasteiger charge is 2.61. The van der Waals surface area contributed by atoms with Gasteiger partial charge in [-0.05, 0) is 97.8 Å². The van der Waals surface area contributed by atoms with Gasteiger partial charge in [0.1, 0.15) is 11.7 Å². The first-order valence-electron chi connectivity index (χ1n) is 12.5. The number of fused-ring (bicyclic) bond motifs is 5. The minimum atomic E-state index is -0.612. The lowest BCUT2D eigenvalue weighted by Gasteiger charge is -2.62. The fourth-order valence-corrected chi connectivity index (χ4v) is 8.39. The van der Waals surface area contributed by atoms with Crippen molar-refractivity contribution in [1.29, 1.82) is 0 Å². The number of hydrogen-bond acceptors (Lipinski definition) is 3. The van der Waals surface area contributed by atoms with Crippen molar-refractivity contribution in [2.24, 2.45) is 34.5 Å². The molecule has 2 unspecified atom stereocenters. The molecule has 0 radical (unpaired) electrons. The number of ether oxygens (including phenoxy) is 1. The molecule has 1 saturated heterocycles. The third-order valence-electron chi connectivity index (χ3n) is 10.0. The van der Waals surface area contributed by atoms with Crippen molar-refractivity contribution in [2.45, 2.75) is 71.3 Å². The van der Waals surface area contributed by atoms with E-state index in [4.69, 9.17) is 4.74 Å². The number of amides is 2. The summed E-state index contributed by atoms with van der Waals surface area (Å²) in [4.78, 5) is 28.5. The lowest BCUT2D eigenvalue weighted by molar-refractivity contribution is -0.168. The summed E-state index contributed by atoms with van der Waals surface area (Å²) < 4.78 is 5.21. The van der Waals surface area contributed by atoms with Crippen LogP contribution in [0.2, 0.25) is 0 Å². The maximum atomic E-state index is 13.3.